The molecule has 0 bridgehead atoms. The highest BCUT2D eigenvalue weighted by Crippen LogP contribution is 2.25. The lowest BCUT2D eigenvalue weighted by atomic mass is 10.1. The average molecular weight is 342 g/mol. The number of benzene rings is 2. The molecule has 0 heterocycles. The van der Waals surface area contributed by atoms with Crippen molar-refractivity contribution in [3.05, 3.63) is 63.7 Å². The first-order chi connectivity index (χ1) is 12.0. The van der Waals surface area contributed by atoms with Gasteiger partial charge in [-0.25, -0.2) is 0 Å². The normalized spacial score (nSPS) is 10.3. The number of ether oxygens (including phenoxy) is 1. The smallest absolute Gasteiger partial charge is 0.282 e. The molecule has 0 aliphatic carbocycles. The first kappa shape index (κ1) is 18.4. The van der Waals surface area contributed by atoms with Crippen molar-refractivity contribution in [1.82, 2.24) is 0 Å². The van der Waals surface area contributed by atoms with Crippen molar-refractivity contribution < 1.29 is 14.5 Å². The lowest BCUT2D eigenvalue weighted by molar-refractivity contribution is -0.385. The molecule has 0 fully saturated rings. The summed E-state index contributed by atoms with van der Waals surface area (Å²) in [6, 6.07) is 11.6. The zero-order valence-corrected chi connectivity index (χ0v) is 14.5. The van der Waals surface area contributed by atoms with Crippen LogP contribution in [0, 0.1) is 10.1 Å². The summed E-state index contributed by atoms with van der Waals surface area (Å²) in [6.07, 6.45) is 4.51. The van der Waals surface area contributed by atoms with Crippen molar-refractivity contribution in [1.29, 1.82) is 0 Å². The number of rotatable bonds is 8. The average Bonchev–Trinajstić information content (AvgIpc) is 2.62. The highest BCUT2D eigenvalue weighted by atomic mass is 16.6. The Balaban J connectivity index is 2.12. The maximum Gasteiger partial charge on any atom is 0.282 e. The number of anilines is 1. The number of hydrogen-bond donors (Lipinski definition) is 1. The van der Waals surface area contributed by atoms with E-state index in [9.17, 15) is 14.9 Å². The summed E-state index contributed by atoms with van der Waals surface area (Å²) < 4.78 is 5.05. The van der Waals surface area contributed by atoms with Crippen LogP contribution in [0.25, 0.3) is 0 Å². The molecule has 0 spiro atoms. The second-order valence-corrected chi connectivity index (χ2v) is 5.75. The topological polar surface area (TPSA) is 81.5 Å². The van der Waals surface area contributed by atoms with Crippen LogP contribution in [0.3, 0.4) is 0 Å². The SMILES string of the molecule is CCCCCc1ccc(NC(=O)c2cc(OC)ccc2[N+](=O)[O-])cc1. The minimum Gasteiger partial charge on any atom is -0.497 e. The number of unbranched alkanes of at least 4 members (excludes halogenated alkanes) is 2. The highest BCUT2D eigenvalue weighted by molar-refractivity contribution is 6.07. The number of aryl methyl sites for hydroxylation is 1. The summed E-state index contributed by atoms with van der Waals surface area (Å²) in [6.45, 7) is 2.16. The summed E-state index contributed by atoms with van der Waals surface area (Å²) in [5.41, 5.74) is 1.52. The van der Waals surface area contributed by atoms with Crippen LogP contribution in [-0.4, -0.2) is 17.9 Å². The molecular weight excluding hydrogens is 320 g/mol. The van der Waals surface area contributed by atoms with E-state index in [1.165, 1.54) is 43.7 Å². The zero-order chi connectivity index (χ0) is 18.2. The Bertz CT molecular complexity index is 742. The third-order valence-corrected chi connectivity index (χ3v) is 3.93. The number of nitrogens with one attached hydrogen (secondary N) is 1. The van der Waals surface area contributed by atoms with E-state index in [0.29, 0.717) is 11.4 Å². The minimum absolute atomic E-state index is 0.0311. The number of amides is 1. The van der Waals surface area contributed by atoms with E-state index in [4.69, 9.17) is 4.74 Å². The molecule has 2 rings (SSSR count). The molecule has 0 radical (unpaired) electrons. The van der Waals surface area contributed by atoms with Crippen LogP contribution >= 0.6 is 0 Å². The Morgan fingerprint density at radius 3 is 2.48 bits per heavy atom. The van der Waals surface area contributed by atoms with Crippen molar-refractivity contribution in [2.75, 3.05) is 12.4 Å². The van der Waals surface area contributed by atoms with Gasteiger partial charge in [0.1, 0.15) is 11.3 Å². The van der Waals surface area contributed by atoms with Gasteiger partial charge < -0.3 is 10.1 Å². The predicted octanol–water partition coefficient (Wildman–Crippen LogP) is 4.59. The van der Waals surface area contributed by atoms with Gasteiger partial charge in [-0.2, -0.15) is 0 Å². The minimum atomic E-state index is -0.578. The summed E-state index contributed by atoms with van der Waals surface area (Å²) in [7, 11) is 1.44. The van der Waals surface area contributed by atoms with Crippen molar-refractivity contribution in [2.24, 2.45) is 0 Å². The monoisotopic (exact) mass is 342 g/mol. The number of nitro benzene ring substituents is 1. The number of carbonyl (C=O) groups excluding carboxylic acids is 1. The van der Waals surface area contributed by atoms with E-state index >= 15 is 0 Å². The molecule has 6 heteroatoms. The van der Waals surface area contributed by atoms with E-state index in [1.54, 1.807) is 0 Å². The molecule has 1 N–H and O–H groups in total. The lowest BCUT2D eigenvalue weighted by Gasteiger charge is -2.08. The zero-order valence-electron chi connectivity index (χ0n) is 14.5. The Morgan fingerprint density at radius 1 is 1.16 bits per heavy atom. The Morgan fingerprint density at radius 2 is 1.88 bits per heavy atom. The van der Waals surface area contributed by atoms with Gasteiger partial charge in [0.25, 0.3) is 11.6 Å². The van der Waals surface area contributed by atoms with Gasteiger partial charge in [0.2, 0.25) is 0 Å². The van der Waals surface area contributed by atoms with E-state index in [2.05, 4.69) is 12.2 Å². The van der Waals surface area contributed by atoms with E-state index in [-0.39, 0.29) is 11.3 Å². The van der Waals surface area contributed by atoms with Crippen LogP contribution in [-0.2, 0) is 6.42 Å². The fourth-order valence-corrected chi connectivity index (χ4v) is 2.52. The number of methoxy groups -OCH3 is 1. The fourth-order valence-electron chi connectivity index (χ4n) is 2.52. The molecule has 0 saturated heterocycles. The first-order valence-corrected chi connectivity index (χ1v) is 8.28. The van der Waals surface area contributed by atoms with Gasteiger partial charge in [0, 0.05) is 11.8 Å². The lowest BCUT2D eigenvalue weighted by Crippen LogP contribution is -2.14. The third kappa shape index (κ3) is 5.04. The standard InChI is InChI=1S/C19H22N2O4/c1-3-4-5-6-14-7-9-15(10-8-14)20-19(22)17-13-16(25-2)11-12-18(17)21(23)24/h7-13H,3-6H2,1-2H3,(H,20,22). The van der Waals surface area contributed by atoms with Gasteiger partial charge in [-0.15, -0.1) is 0 Å². The largest absolute Gasteiger partial charge is 0.497 e. The number of hydrogen-bond acceptors (Lipinski definition) is 4. The van der Waals surface area contributed by atoms with Gasteiger partial charge in [-0.05, 0) is 42.7 Å². The molecule has 25 heavy (non-hydrogen) atoms. The van der Waals surface area contributed by atoms with Crippen LogP contribution in [0.1, 0.15) is 42.1 Å². The first-order valence-electron chi connectivity index (χ1n) is 8.28. The van der Waals surface area contributed by atoms with Gasteiger partial charge >= 0.3 is 0 Å². The van der Waals surface area contributed by atoms with E-state index < -0.39 is 10.8 Å². The summed E-state index contributed by atoms with van der Waals surface area (Å²) in [5.74, 6) is -0.147. The van der Waals surface area contributed by atoms with Crippen LogP contribution in [0.15, 0.2) is 42.5 Å². The predicted molar refractivity (Wildman–Crippen MR) is 97.3 cm³/mol. The molecule has 0 saturated carbocycles. The summed E-state index contributed by atoms with van der Waals surface area (Å²) in [5, 5.41) is 13.8. The fraction of sp³-hybridized carbons (Fsp3) is 0.316. The molecule has 0 atom stereocenters. The number of nitrogens with zero attached hydrogens (tertiary/aromatic N) is 1. The molecule has 132 valence electrons. The Labute approximate surface area is 147 Å². The van der Waals surface area contributed by atoms with Gasteiger partial charge in [0.05, 0.1) is 12.0 Å². The quantitative estimate of drug-likeness (QED) is 0.432. The number of carbonyl (C=O) groups is 1. The van der Waals surface area contributed by atoms with Crippen LogP contribution < -0.4 is 10.1 Å². The molecule has 0 aliphatic heterocycles. The third-order valence-electron chi connectivity index (χ3n) is 3.93. The maximum absolute atomic E-state index is 12.4. The van der Waals surface area contributed by atoms with Gasteiger partial charge in [0.15, 0.2) is 0 Å². The number of nitro groups is 1. The van der Waals surface area contributed by atoms with Crippen LogP contribution in [0.5, 0.6) is 5.75 Å². The van der Waals surface area contributed by atoms with Crippen molar-refractivity contribution >= 4 is 17.3 Å². The maximum atomic E-state index is 12.4. The molecule has 0 aromatic heterocycles. The van der Waals surface area contributed by atoms with Crippen molar-refractivity contribution in [3.63, 3.8) is 0 Å². The second-order valence-electron chi connectivity index (χ2n) is 5.75. The van der Waals surface area contributed by atoms with E-state index in [0.717, 1.165) is 12.8 Å². The molecule has 1 amide bonds. The molecule has 2 aromatic carbocycles. The molecular formula is C19H22N2O4. The second kappa shape index (κ2) is 8.82. The van der Waals surface area contributed by atoms with Crippen LogP contribution in [0.4, 0.5) is 11.4 Å². The molecule has 2 aromatic rings. The van der Waals surface area contributed by atoms with Crippen molar-refractivity contribution in [2.45, 2.75) is 32.6 Å². The van der Waals surface area contributed by atoms with Crippen molar-refractivity contribution in [3.8, 4) is 5.75 Å². The summed E-state index contributed by atoms with van der Waals surface area (Å²) in [4.78, 5) is 23.0. The molecule has 0 aliphatic rings. The van der Waals surface area contributed by atoms with E-state index in [1.807, 2.05) is 24.3 Å². The molecule has 6 nitrogen and oxygen atoms in total. The summed E-state index contributed by atoms with van der Waals surface area (Å²) >= 11 is 0. The Kier molecular flexibility index (Phi) is 6.51. The van der Waals surface area contributed by atoms with Gasteiger partial charge in [-0.3, -0.25) is 14.9 Å². The van der Waals surface area contributed by atoms with Gasteiger partial charge in [-0.1, -0.05) is 31.9 Å². The highest BCUT2D eigenvalue weighted by Gasteiger charge is 2.21. The van der Waals surface area contributed by atoms with Crippen LogP contribution in [0.2, 0.25) is 0 Å². The Hall–Kier alpha value is -2.89. The molecule has 0 unspecified atom stereocenters.